The monoisotopic (exact) mass is 396 g/mol. The lowest BCUT2D eigenvalue weighted by Gasteiger charge is -2.05. The summed E-state index contributed by atoms with van der Waals surface area (Å²) >= 11 is 17.1. The molecule has 0 aliphatic carbocycles. The molecule has 0 unspecified atom stereocenters. The van der Waals surface area contributed by atoms with Crippen LogP contribution in [-0.4, -0.2) is 21.0 Å². The molecule has 2 aromatic carbocycles. The molecule has 5 nitrogen and oxygen atoms in total. The third-order valence-electron chi connectivity index (χ3n) is 3.39. The zero-order valence-corrected chi connectivity index (χ0v) is 14.8. The zero-order valence-electron chi connectivity index (χ0n) is 12.5. The van der Waals surface area contributed by atoms with E-state index in [1.54, 1.807) is 42.5 Å². The summed E-state index contributed by atoms with van der Waals surface area (Å²) in [7, 11) is 0. The van der Waals surface area contributed by atoms with E-state index in [1.165, 1.54) is 6.07 Å². The van der Waals surface area contributed by atoms with Gasteiger partial charge in [0.25, 0.3) is 5.91 Å². The highest BCUT2D eigenvalue weighted by Gasteiger charge is 2.16. The van der Waals surface area contributed by atoms with E-state index in [4.69, 9.17) is 39.3 Å². The number of amides is 1. The molecule has 0 fully saturated rings. The number of phenols is 1. The average molecular weight is 398 g/mol. The van der Waals surface area contributed by atoms with Crippen LogP contribution in [0.3, 0.4) is 0 Å². The standard InChI is InChI=1S/C17H11Cl3N2O3/c18-11-2-1-3-13(23)15(11)14-8-12(22-25-14)9-4-6-10(7-5-9)21-17(24)16(19)20/h1-8,16,23H,(H,21,24). The van der Waals surface area contributed by atoms with Crippen LogP contribution in [0.15, 0.2) is 53.1 Å². The van der Waals surface area contributed by atoms with Crippen LogP contribution in [0, 0.1) is 0 Å². The highest BCUT2D eigenvalue weighted by molar-refractivity contribution is 6.54. The first kappa shape index (κ1) is 17.6. The summed E-state index contributed by atoms with van der Waals surface area (Å²) in [5.74, 6) is -0.151. The molecule has 1 aromatic heterocycles. The van der Waals surface area contributed by atoms with Crippen LogP contribution in [0.5, 0.6) is 5.75 Å². The number of anilines is 1. The summed E-state index contributed by atoms with van der Waals surface area (Å²) in [4.78, 5) is 10.3. The number of benzene rings is 2. The molecule has 0 radical (unpaired) electrons. The van der Waals surface area contributed by atoms with Gasteiger partial charge in [0.1, 0.15) is 11.4 Å². The maximum atomic E-state index is 11.5. The Kier molecular flexibility index (Phi) is 5.18. The molecule has 0 aliphatic rings. The summed E-state index contributed by atoms with van der Waals surface area (Å²) in [6, 6.07) is 13.3. The van der Waals surface area contributed by atoms with Crippen molar-refractivity contribution in [2.75, 3.05) is 5.32 Å². The van der Waals surface area contributed by atoms with E-state index >= 15 is 0 Å². The van der Waals surface area contributed by atoms with Crippen LogP contribution < -0.4 is 5.32 Å². The lowest BCUT2D eigenvalue weighted by molar-refractivity contribution is -0.114. The Balaban J connectivity index is 1.84. The summed E-state index contributed by atoms with van der Waals surface area (Å²) < 4.78 is 5.29. The van der Waals surface area contributed by atoms with Gasteiger partial charge in [-0.2, -0.15) is 0 Å². The Morgan fingerprint density at radius 3 is 2.52 bits per heavy atom. The third kappa shape index (κ3) is 3.90. The van der Waals surface area contributed by atoms with E-state index in [0.29, 0.717) is 27.7 Å². The summed E-state index contributed by atoms with van der Waals surface area (Å²) in [6.45, 7) is 0. The second kappa shape index (κ2) is 7.35. The van der Waals surface area contributed by atoms with Crippen molar-refractivity contribution in [2.24, 2.45) is 0 Å². The number of carbonyl (C=O) groups excluding carboxylic acids is 1. The molecule has 1 heterocycles. The first-order valence-electron chi connectivity index (χ1n) is 7.09. The number of alkyl halides is 2. The van der Waals surface area contributed by atoms with E-state index in [2.05, 4.69) is 10.5 Å². The fourth-order valence-corrected chi connectivity index (χ4v) is 2.58. The quantitative estimate of drug-likeness (QED) is 0.600. The van der Waals surface area contributed by atoms with Gasteiger partial charge < -0.3 is 14.9 Å². The predicted molar refractivity (Wildman–Crippen MR) is 98.2 cm³/mol. The molecule has 1 amide bonds. The number of nitrogens with zero attached hydrogens (tertiary/aromatic N) is 1. The van der Waals surface area contributed by atoms with Gasteiger partial charge in [-0.3, -0.25) is 4.79 Å². The van der Waals surface area contributed by atoms with Gasteiger partial charge in [0.05, 0.1) is 10.6 Å². The number of hydrogen-bond donors (Lipinski definition) is 2. The normalized spacial score (nSPS) is 10.9. The summed E-state index contributed by atoms with van der Waals surface area (Å²) in [6.07, 6.45) is 0. The second-order valence-electron chi connectivity index (χ2n) is 5.08. The van der Waals surface area contributed by atoms with Gasteiger partial charge in [0.15, 0.2) is 10.6 Å². The average Bonchev–Trinajstić information content (AvgIpc) is 3.05. The Morgan fingerprint density at radius 2 is 1.88 bits per heavy atom. The van der Waals surface area contributed by atoms with Crippen LogP contribution in [0.4, 0.5) is 5.69 Å². The minimum Gasteiger partial charge on any atom is -0.507 e. The number of hydrogen-bond acceptors (Lipinski definition) is 4. The van der Waals surface area contributed by atoms with Gasteiger partial charge in [0, 0.05) is 17.3 Å². The SMILES string of the molecule is O=C(Nc1ccc(-c2cc(-c3c(O)cccc3Cl)on2)cc1)C(Cl)Cl. The first-order valence-corrected chi connectivity index (χ1v) is 8.35. The minimum absolute atomic E-state index is 0.00460. The number of phenolic OH excluding ortho intramolecular Hbond substituents is 1. The van der Waals surface area contributed by atoms with Crippen molar-refractivity contribution in [1.29, 1.82) is 0 Å². The molecule has 0 saturated carbocycles. The van der Waals surface area contributed by atoms with Gasteiger partial charge in [-0.05, 0) is 24.3 Å². The van der Waals surface area contributed by atoms with E-state index < -0.39 is 10.7 Å². The Bertz CT molecular complexity index is 888. The lowest BCUT2D eigenvalue weighted by Crippen LogP contribution is -2.18. The number of aromatic nitrogens is 1. The molecule has 25 heavy (non-hydrogen) atoms. The first-order chi connectivity index (χ1) is 12.0. The molecule has 2 N–H and O–H groups in total. The van der Waals surface area contributed by atoms with E-state index in [1.807, 2.05) is 0 Å². The second-order valence-corrected chi connectivity index (χ2v) is 6.58. The molecule has 8 heteroatoms. The van der Waals surface area contributed by atoms with Gasteiger partial charge >= 0.3 is 0 Å². The fourth-order valence-electron chi connectivity index (χ4n) is 2.21. The molecule has 0 saturated heterocycles. The fraction of sp³-hybridized carbons (Fsp3) is 0.0588. The highest BCUT2D eigenvalue weighted by Crippen LogP contribution is 2.37. The lowest BCUT2D eigenvalue weighted by atomic mass is 10.1. The van der Waals surface area contributed by atoms with Gasteiger partial charge in [-0.25, -0.2) is 0 Å². The van der Waals surface area contributed by atoms with E-state index in [9.17, 15) is 9.90 Å². The van der Waals surface area contributed by atoms with Crippen LogP contribution in [0.2, 0.25) is 5.02 Å². The van der Waals surface area contributed by atoms with Crippen molar-refractivity contribution in [3.05, 3.63) is 53.6 Å². The number of nitrogens with one attached hydrogen (secondary N) is 1. The minimum atomic E-state index is -1.14. The smallest absolute Gasteiger partial charge is 0.257 e. The van der Waals surface area contributed by atoms with Crippen molar-refractivity contribution < 1.29 is 14.4 Å². The van der Waals surface area contributed by atoms with Crippen molar-refractivity contribution in [2.45, 2.75) is 4.84 Å². The van der Waals surface area contributed by atoms with Crippen LogP contribution >= 0.6 is 34.8 Å². The highest BCUT2D eigenvalue weighted by atomic mass is 35.5. The number of aromatic hydroxyl groups is 1. The van der Waals surface area contributed by atoms with E-state index in [-0.39, 0.29) is 5.75 Å². The molecular weight excluding hydrogens is 387 g/mol. The molecule has 128 valence electrons. The van der Waals surface area contributed by atoms with Crippen molar-refractivity contribution >= 4 is 46.4 Å². The Labute approximate surface area is 158 Å². The summed E-state index contributed by atoms with van der Waals surface area (Å²) in [5.41, 5.74) is 2.24. The molecular formula is C17H11Cl3N2O3. The van der Waals surface area contributed by atoms with Crippen molar-refractivity contribution in [3.8, 4) is 28.3 Å². The van der Waals surface area contributed by atoms with E-state index in [0.717, 1.165) is 5.56 Å². The maximum absolute atomic E-state index is 11.5. The molecule has 0 aliphatic heterocycles. The maximum Gasteiger partial charge on any atom is 0.257 e. The Morgan fingerprint density at radius 1 is 1.16 bits per heavy atom. The Hall–Kier alpha value is -2.21. The van der Waals surface area contributed by atoms with Gasteiger partial charge in [-0.15, -0.1) is 0 Å². The zero-order chi connectivity index (χ0) is 18.0. The van der Waals surface area contributed by atoms with Gasteiger partial charge in [0.2, 0.25) is 0 Å². The molecule has 0 bridgehead atoms. The number of rotatable bonds is 4. The summed E-state index contributed by atoms with van der Waals surface area (Å²) in [5, 5.41) is 16.9. The molecule has 3 rings (SSSR count). The number of carbonyl (C=O) groups is 1. The van der Waals surface area contributed by atoms with Gasteiger partial charge in [-0.1, -0.05) is 58.2 Å². The molecule has 0 atom stereocenters. The van der Waals surface area contributed by atoms with Crippen LogP contribution in [0.1, 0.15) is 0 Å². The van der Waals surface area contributed by atoms with Crippen LogP contribution in [-0.2, 0) is 4.79 Å². The molecule has 0 spiro atoms. The molecule has 3 aromatic rings. The third-order valence-corrected chi connectivity index (χ3v) is 4.11. The van der Waals surface area contributed by atoms with Crippen molar-refractivity contribution in [1.82, 2.24) is 5.16 Å². The largest absolute Gasteiger partial charge is 0.507 e. The van der Waals surface area contributed by atoms with Crippen LogP contribution in [0.25, 0.3) is 22.6 Å². The number of halogens is 3. The topological polar surface area (TPSA) is 75.4 Å². The predicted octanol–water partition coefficient (Wildman–Crippen LogP) is 5.11. The van der Waals surface area contributed by atoms with Crippen molar-refractivity contribution in [3.63, 3.8) is 0 Å².